The normalized spacial score (nSPS) is 19.0. The molecule has 0 aliphatic carbocycles. The quantitative estimate of drug-likeness (QED) is 0.754. The largest absolute Gasteiger partial charge is 0.396 e. The van der Waals surface area contributed by atoms with Crippen molar-refractivity contribution in [2.24, 2.45) is 5.92 Å². The van der Waals surface area contributed by atoms with Crippen LogP contribution in [0, 0.1) is 5.92 Å². The van der Waals surface area contributed by atoms with Gasteiger partial charge < -0.3 is 15.7 Å². The second kappa shape index (κ2) is 6.16. The van der Waals surface area contributed by atoms with Crippen molar-refractivity contribution in [3.63, 3.8) is 0 Å². The zero-order valence-corrected chi connectivity index (χ0v) is 13.4. The third-order valence-electron chi connectivity index (χ3n) is 4.43. The first-order chi connectivity index (χ1) is 9.86. The fourth-order valence-corrected chi connectivity index (χ4v) is 2.68. The monoisotopic (exact) mass is 290 g/mol. The molecule has 1 heterocycles. The molecule has 0 bridgehead atoms. The molecule has 1 aromatic carbocycles. The summed E-state index contributed by atoms with van der Waals surface area (Å²) >= 11 is 0. The molecule has 2 unspecified atom stereocenters. The minimum absolute atomic E-state index is 0.0619. The number of hydrogen-bond donors (Lipinski definition) is 3. The minimum atomic E-state index is -0.463. The van der Waals surface area contributed by atoms with Gasteiger partial charge in [-0.1, -0.05) is 19.1 Å². The average molecular weight is 290 g/mol. The van der Waals surface area contributed by atoms with Crippen molar-refractivity contribution in [1.82, 2.24) is 5.32 Å². The molecule has 0 saturated heterocycles. The Balaban J connectivity index is 2.09. The number of anilines is 1. The Bertz CT molecular complexity index is 526. The molecule has 116 valence electrons. The highest BCUT2D eigenvalue weighted by Crippen LogP contribution is 2.38. The van der Waals surface area contributed by atoms with Gasteiger partial charge in [0.15, 0.2) is 0 Å². The van der Waals surface area contributed by atoms with Crippen molar-refractivity contribution in [1.29, 1.82) is 0 Å². The summed E-state index contributed by atoms with van der Waals surface area (Å²) in [4.78, 5) is 12.0. The summed E-state index contributed by atoms with van der Waals surface area (Å²) in [5, 5.41) is 15.4. The zero-order chi connectivity index (χ0) is 15.6. The second-order valence-electron chi connectivity index (χ2n) is 6.63. The van der Waals surface area contributed by atoms with Crippen LogP contribution in [0.1, 0.15) is 51.3 Å². The Kier molecular flexibility index (Phi) is 4.69. The van der Waals surface area contributed by atoms with Gasteiger partial charge in [0.05, 0.1) is 5.41 Å². The molecule has 3 N–H and O–H groups in total. The van der Waals surface area contributed by atoms with Gasteiger partial charge >= 0.3 is 0 Å². The van der Waals surface area contributed by atoms with Crippen LogP contribution in [0.3, 0.4) is 0 Å². The molecule has 1 amide bonds. The summed E-state index contributed by atoms with van der Waals surface area (Å²) < 4.78 is 0. The van der Waals surface area contributed by atoms with Gasteiger partial charge in [-0.15, -0.1) is 0 Å². The molecule has 4 heteroatoms. The van der Waals surface area contributed by atoms with Crippen molar-refractivity contribution < 1.29 is 9.90 Å². The Morgan fingerprint density at radius 2 is 2.05 bits per heavy atom. The average Bonchev–Trinajstić information content (AvgIpc) is 2.67. The van der Waals surface area contributed by atoms with Crippen molar-refractivity contribution in [2.45, 2.75) is 45.6 Å². The van der Waals surface area contributed by atoms with Gasteiger partial charge in [0, 0.05) is 18.3 Å². The van der Waals surface area contributed by atoms with E-state index in [0.29, 0.717) is 5.92 Å². The maximum atomic E-state index is 12.0. The first-order valence-electron chi connectivity index (χ1n) is 7.66. The Labute approximate surface area is 126 Å². The van der Waals surface area contributed by atoms with E-state index in [4.69, 9.17) is 5.11 Å². The number of nitrogens with one attached hydrogen (secondary N) is 2. The van der Waals surface area contributed by atoms with E-state index < -0.39 is 5.41 Å². The van der Waals surface area contributed by atoms with E-state index >= 15 is 0 Å². The van der Waals surface area contributed by atoms with Gasteiger partial charge in [-0.25, -0.2) is 0 Å². The molecule has 0 saturated carbocycles. The number of fused-ring (bicyclic) bond motifs is 1. The Morgan fingerprint density at radius 1 is 1.33 bits per heavy atom. The minimum Gasteiger partial charge on any atom is -0.396 e. The molecule has 1 aliphatic heterocycles. The lowest BCUT2D eigenvalue weighted by Crippen LogP contribution is -2.27. The lowest BCUT2D eigenvalue weighted by molar-refractivity contribution is -0.119. The Morgan fingerprint density at radius 3 is 2.71 bits per heavy atom. The van der Waals surface area contributed by atoms with Gasteiger partial charge in [0.1, 0.15) is 0 Å². The van der Waals surface area contributed by atoms with Crippen LogP contribution >= 0.6 is 0 Å². The van der Waals surface area contributed by atoms with Crippen LogP contribution in [-0.2, 0) is 10.2 Å². The van der Waals surface area contributed by atoms with Gasteiger partial charge in [0.25, 0.3) is 0 Å². The third kappa shape index (κ3) is 3.27. The van der Waals surface area contributed by atoms with Crippen LogP contribution in [0.2, 0.25) is 0 Å². The molecule has 0 spiro atoms. The van der Waals surface area contributed by atoms with Gasteiger partial charge in [-0.2, -0.15) is 0 Å². The third-order valence-corrected chi connectivity index (χ3v) is 4.43. The summed E-state index contributed by atoms with van der Waals surface area (Å²) in [5.41, 5.74) is 2.72. The molecule has 4 nitrogen and oxygen atoms in total. The smallest absolute Gasteiger partial charge is 0.234 e. The van der Waals surface area contributed by atoms with Crippen molar-refractivity contribution in [2.75, 3.05) is 18.5 Å². The highest BCUT2D eigenvalue weighted by atomic mass is 16.3. The van der Waals surface area contributed by atoms with E-state index in [-0.39, 0.29) is 18.6 Å². The predicted molar refractivity (Wildman–Crippen MR) is 85.4 cm³/mol. The van der Waals surface area contributed by atoms with Crippen molar-refractivity contribution >= 4 is 11.6 Å². The number of hydrogen-bond acceptors (Lipinski definition) is 3. The number of amides is 1. The molecule has 0 aromatic heterocycles. The lowest BCUT2D eigenvalue weighted by atomic mass is 9.85. The zero-order valence-electron chi connectivity index (χ0n) is 13.4. The van der Waals surface area contributed by atoms with Crippen LogP contribution < -0.4 is 10.6 Å². The van der Waals surface area contributed by atoms with Crippen molar-refractivity contribution in [3.05, 3.63) is 29.3 Å². The fraction of sp³-hybridized carbons (Fsp3) is 0.588. The molecule has 0 fully saturated rings. The molecule has 2 atom stereocenters. The maximum absolute atomic E-state index is 12.0. The first kappa shape index (κ1) is 16.0. The van der Waals surface area contributed by atoms with E-state index in [1.54, 1.807) is 0 Å². The number of rotatable bonds is 6. The summed E-state index contributed by atoms with van der Waals surface area (Å²) in [6, 6.07) is 6.41. The summed E-state index contributed by atoms with van der Waals surface area (Å²) in [6.07, 6.45) is 0.815. The SMILES string of the molecule is CC(CCO)CNC(C)c1ccc2c(c1)C(C)(C)C(=O)N2. The van der Waals surface area contributed by atoms with Gasteiger partial charge in [0.2, 0.25) is 5.91 Å². The maximum Gasteiger partial charge on any atom is 0.234 e. The first-order valence-corrected chi connectivity index (χ1v) is 7.66. The number of benzene rings is 1. The number of carbonyl (C=O) groups excluding carboxylic acids is 1. The van der Waals surface area contributed by atoms with E-state index in [1.165, 1.54) is 5.56 Å². The second-order valence-corrected chi connectivity index (χ2v) is 6.63. The standard InChI is InChI=1S/C17H26N2O2/c1-11(7-8-20)10-18-12(2)13-5-6-15-14(9-13)17(3,4)16(21)19-15/h5-6,9,11-12,18,20H,7-8,10H2,1-4H3,(H,19,21). The fourth-order valence-electron chi connectivity index (χ4n) is 2.68. The molecular weight excluding hydrogens is 264 g/mol. The van der Waals surface area contributed by atoms with Crippen LogP contribution in [0.15, 0.2) is 18.2 Å². The highest BCUT2D eigenvalue weighted by molar-refractivity contribution is 6.05. The molecule has 21 heavy (non-hydrogen) atoms. The summed E-state index contributed by atoms with van der Waals surface area (Å²) in [5.74, 6) is 0.512. The number of aliphatic hydroxyl groups excluding tert-OH is 1. The van der Waals surface area contributed by atoms with Crippen molar-refractivity contribution in [3.8, 4) is 0 Å². The van der Waals surface area contributed by atoms with E-state index in [1.807, 2.05) is 19.9 Å². The molecule has 2 rings (SSSR count). The van der Waals surface area contributed by atoms with Crippen LogP contribution in [-0.4, -0.2) is 24.2 Å². The van der Waals surface area contributed by atoms with Crippen LogP contribution in [0.4, 0.5) is 5.69 Å². The molecule has 0 radical (unpaired) electrons. The summed E-state index contributed by atoms with van der Waals surface area (Å²) in [6.45, 7) is 9.28. The van der Waals surface area contributed by atoms with E-state index in [9.17, 15) is 4.79 Å². The van der Waals surface area contributed by atoms with Gasteiger partial charge in [-0.05, 0) is 56.8 Å². The topological polar surface area (TPSA) is 61.4 Å². The summed E-state index contributed by atoms with van der Waals surface area (Å²) in [7, 11) is 0. The van der Waals surface area contributed by atoms with Crippen LogP contribution in [0.5, 0.6) is 0 Å². The molecule has 1 aliphatic rings. The number of carbonyl (C=O) groups is 1. The van der Waals surface area contributed by atoms with Gasteiger partial charge in [-0.3, -0.25) is 4.79 Å². The molecular formula is C17H26N2O2. The number of aliphatic hydroxyl groups is 1. The van der Waals surface area contributed by atoms with E-state index in [0.717, 1.165) is 24.2 Å². The molecule has 1 aromatic rings. The van der Waals surface area contributed by atoms with Crippen LogP contribution in [0.25, 0.3) is 0 Å². The Hall–Kier alpha value is -1.39. The highest BCUT2D eigenvalue weighted by Gasteiger charge is 2.38. The van der Waals surface area contributed by atoms with E-state index in [2.05, 4.69) is 36.6 Å². The lowest BCUT2D eigenvalue weighted by Gasteiger charge is -2.20. The predicted octanol–water partition coefficient (Wildman–Crippen LogP) is 2.59.